The molecule has 0 saturated carbocycles. The van der Waals surface area contributed by atoms with Crippen LogP contribution in [0, 0.1) is 12.8 Å². The third-order valence-corrected chi connectivity index (χ3v) is 4.61. The molecule has 1 saturated heterocycles. The maximum Gasteiger partial charge on any atom is 0.309 e. The topological polar surface area (TPSA) is 55.8 Å². The van der Waals surface area contributed by atoms with E-state index in [1.54, 1.807) is 4.90 Å². The van der Waals surface area contributed by atoms with E-state index in [2.05, 4.69) is 26.0 Å². The summed E-state index contributed by atoms with van der Waals surface area (Å²) < 4.78 is 10.9. The van der Waals surface area contributed by atoms with Crippen LogP contribution >= 0.6 is 0 Å². The van der Waals surface area contributed by atoms with Gasteiger partial charge in [0.1, 0.15) is 5.75 Å². The Bertz CT molecular complexity index is 604. The number of nitrogens with zero attached hydrogens (tertiary/aromatic N) is 1. The highest BCUT2D eigenvalue weighted by molar-refractivity contribution is 5.78. The number of rotatable bonds is 6. The lowest BCUT2D eigenvalue weighted by Gasteiger charge is -2.31. The van der Waals surface area contributed by atoms with Gasteiger partial charge in [-0.25, -0.2) is 0 Å². The number of amides is 1. The van der Waals surface area contributed by atoms with Crippen molar-refractivity contribution in [2.75, 3.05) is 26.3 Å². The number of hydrogen-bond acceptors (Lipinski definition) is 4. The first-order chi connectivity index (χ1) is 11.9. The Labute approximate surface area is 150 Å². The molecule has 0 aliphatic carbocycles. The Morgan fingerprint density at radius 3 is 2.52 bits per heavy atom. The fourth-order valence-corrected chi connectivity index (χ4v) is 3.10. The van der Waals surface area contributed by atoms with Crippen molar-refractivity contribution in [1.82, 2.24) is 4.90 Å². The van der Waals surface area contributed by atoms with Crippen LogP contribution < -0.4 is 4.74 Å². The zero-order valence-electron chi connectivity index (χ0n) is 15.7. The largest absolute Gasteiger partial charge is 0.483 e. The Hall–Kier alpha value is -2.04. The van der Waals surface area contributed by atoms with Gasteiger partial charge in [-0.05, 0) is 49.8 Å². The molecule has 5 heteroatoms. The van der Waals surface area contributed by atoms with Gasteiger partial charge in [0.15, 0.2) is 6.61 Å². The molecule has 1 fully saturated rings. The van der Waals surface area contributed by atoms with E-state index in [1.165, 1.54) is 0 Å². The maximum atomic E-state index is 12.4. The monoisotopic (exact) mass is 347 g/mol. The lowest BCUT2D eigenvalue weighted by atomic mass is 9.97. The van der Waals surface area contributed by atoms with Gasteiger partial charge in [0.05, 0.1) is 12.5 Å². The number of piperidine rings is 1. The summed E-state index contributed by atoms with van der Waals surface area (Å²) in [4.78, 5) is 26.0. The van der Waals surface area contributed by atoms with Crippen LogP contribution in [0.4, 0.5) is 0 Å². The molecule has 1 aliphatic heterocycles. The predicted molar refractivity (Wildman–Crippen MR) is 96.7 cm³/mol. The highest BCUT2D eigenvalue weighted by Crippen LogP contribution is 2.27. The molecule has 0 N–H and O–H groups in total. The molecule has 1 amide bonds. The molecule has 138 valence electrons. The molecule has 0 aromatic heterocycles. The van der Waals surface area contributed by atoms with Crippen LogP contribution in [0.2, 0.25) is 0 Å². The fraction of sp³-hybridized carbons (Fsp3) is 0.600. The first-order valence-electron chi connectivity index (χ1n) is 9.10. The van der Waals surface area contributed by atoms with E-state index in [-0.39, 0.29) is 24.4 Å². The Kier molecular flexibility index (Phi) is 6.85. The van der Waals surface area contributed by atoms with Crippen molar-refractivity contribution in [1.29, 1.82) is 0 Å². The van der Waals surface area contributed by atoms with Crippen molar-refractivity contribution < 1.29 is 19.1 Å². The van der Waals surface area contributed by atoms with E-state index in [1.807, 2.05) is 19.9 Å². The smallest absolute Gasteiger partial charge is 0.309 e. The Balaban J connectivity index is 1.88. The zero-order chi connectivity index (χ0) is 18.4. The summed E-state index contributed by atoms with van der Waals surface area (Å²) in [7, 11) is 0. The molecule has 5 nitrogen and oxygen atoms in total. The van der Waals surface area contributed by atoms with Gasteiger partial charge in [-0.2, -0.15) is 0 Å². The minimum Gasteiger partial charge on any atom is -0.483 e. The summed E-state index contributed by atoms with van der Waals surface area (Å²) in [5.74, 6) is 0.857. The van der Waals surface area contributed by atoms with Crippen molar-refractivity contribution in [3.8, 4) is 5.75 Å². The highest BCUT2D eigenvalue weighted by Gasteiger charge is 2.28. The van der Waals surface area contributed by atoms with Crippen molar-refractivity contribution in [3.63, 3.8) is 0 Å². The van der Waals surface area contributed by atoms with Gasteiger partial charge < -0.3 is 14.4 Å². The first-order valence-corrected chi connectivity index (χ1v) is 9.10. The van der Waals surface area contributed by atoms with Crippen molar-refractivity contribution in [2.45, 2.75) is 46.5 Å². The maximum absolute atomic E-state index is 12.4. The average molecular weight is 347 g/mol. The summed E-state index contributed by atoms with van der Waals surface area (Å²) in [5.41, 5.74) is 2.22. The van der Waals surface area contributed by atoms with Crippen LogP contribution in [0.15, 0.2) is 18.2 Å². The van der Waals surface area contributed by atoms with Crippen LogP contribution in [-0.4, -0.2) is 43.1 Å². The normalized spacial score (nSPS) is 15.3. The summed E-state index contributed by atoms with van der Waals surface area (Å²) in [5, 5.41) is 0. The molecule has 0 radical (unpaired) electrons. The first kappa shape index (κ1) is 19.3. The molecule has 0 bridgehead atoms. The van der Waals surface area contributed by atoms with E-state index >= 15 is 0 Å². The van der Waals surface area contributed by atoms with Crippen LogP contribution in [-0.2, 0) is 14.3 Å². The van der Waals surface area contributed by atoms with Gasteiger partial charge >= 0.3 is 5.97 Å². The molecule has 0 spiro atoms. The number of carbonyl (C=O) groups is 2. The lowest BCUT2D eigenvalue weighted by Crippen LogP contribution is -2.42. The second-order valence-corrected chi connectivity index (χ2v) is 6.89. The SMILES string of the molecule is CCOC(=O)C1CCN(C(=O)COc2cc(C)ccc2C(C)C)CC1. The molecule has 1 aromatic rings. The molecule has 1 aliphatic rings. The van der Waals surface area contributed by atoms with Gasteiger partial charge in [0, 0.05) is 13.1 Å². The van der Waals surface area contributed by atoms with Crippen LogP contribution in [0.3, 0.4) is 0 Å². The van der Waals surface area contributed by atoms with Crippen LogP contribution in [0.5, 0.6) is 5.75 Å². The third kappa shape index (κ3) is 5.21. The molecule has 2 rings (SSSR count). The number of aryl methyl sites for hydroxylation is 1. The molecule has 1 aromatic carbocycles. The fourth-order valence-electron chi connectivity index (χ4n) is 3.10. The molecular formula is C20H29NO4. The van der Waals surface area contributed by atoms with Gasteiger partial charge in [0.2, 0.25) is 0 Å². The lowest BCUT2D eigenvalue weighted by molar-refractivity contribution is -0.151. The molecule has 25 heavy (non-hydrogen) atoms. The van der Waals surface area contributed by atoms with E-state index in [0.29, 0.717) is 38.5 Å². The van der Waals surface area contributed by atoms with Crippen LogP contribution in [0.25, 0.3) is 0 Å². The van der Waals surface area contributed by atoms with Crippen molar-refractivity contribution in [2.24, 2.45) is 5.92 Å². The Morgan fingerprint density at radius 1 is 1.24 bits per heavy atom. The van der Waals surface area contributed by atoms with Gasteiger partial charge in [0.25, 0.3) is 5.91 Å². The molecule has 1 heterocycles. The number of benzene rings is 1. The summed E-state index contributed by atoms with van der Waals surface area (Å²) in [6.45, 7) is 9.64. The minimum absolute atomic E-state index is 0.0291. The second kappa shape index (κ2) is 8.88. The number of likely N-dealkylation sites (tertiary alicyclic amines) is 1. The van der Waals surface area contributed by atoms with Crippen LogP contribution in [0.1, 0.15) is 50.7 Å². The number of esters is 1. The molecule has 0 unspecified atom stereocenters. The minimum atomic E-state index is -0.146. The van der Waals surface area contributed by atoms with Crippen molar-refractivity contribution in [3.05, 3.63) is 29.3 Å². The quantitative estimate of drug-likeness (QED) is 0.741. The number of carbonyl (C=O) groups excluding carboxylic acids is 2. The molecule has 0 atom stereocenters. The average Bonchev–Trinajstić information content (AvgIpc) is 2.59. The van der Waals surface area contributed by atoms with Gasteiger partial charge in [-0.15, -0.1) is 0 Å². The number of hydrogen-bond donors (Lipinski definition) is 0. The van der Waals surface area contributed by atoms with E-state index in [4.69, 9.17) is 9.47 Å². The highest BCUT2D eigenvalue weighted by atomic mass is 16.5. The Morgan fingerprint density at radius 2 is 1.92 bits per heavy atom. The summed E-state index contributed by atoms with van der Waals surface area (Å²) >= 11 is 0. The third-order valence-electron chi connectivity index (χ3n) is 4.61. The number of ether oxygens (including phenoxy) is 2. The predicted octanol–water partition coefficient (Wildman–Crippen LogP) is 3.30. The summed E-state index contributed by atoms with van der Waals surface area (Å²) in [6, 6.07) is 6.10. The second-order valence-electron chi connectivity index (χ2n) is 6.89. The van der Waals surface area contributed by atoms with E-state index in [9.17, 15) is 9.59 Å². The van der Waals surface area contributed by atoms with Gasteiger partial charge in [-0.3, -0.25) is 9.59 Å². The van der Waals surface area contributed by atoms with Crippen molar-refractivity contribution >= 4 is 11.9 Å². The summed E-state index contributed by atoms with van der Waals surface area (Å²) in [6.07, 6.45) is 1.32. The molecular weight excluding hydrogens is 318 g/mol. The van der Waals surface area contributed by atoms with Gasteiger partial charge in [-0.1, -0.05) is 26.0 Å². The van der Waals surface area contributed by atoms with E-state index < -0.39 is 0 Å². The van der Waals surface area contributed by atoms with E-state index in [0.717, 1.165) is 16.9 Å². The zero-order valence-corrected chi connectivity index (χ0v) is 15.7. The standard InChI is InChI=1S/C20H29NO4/c1-5-24-20(23)16-8-10-21(11-9-16)19(22)13-25-18-12-15(4)6-7-17(18)14(2)3/h6-7,12,14,16H,5,8-11,13H2,1-4H3.